The quantitative estimate of drug-likeness (QED) is 0.509. The van der Waals surface area contributed by atoms with Crippen LogP contribution < -0.4 is 5.56 Å². The lowest BCUT2D eigenvalue weighted by atomic mass is 10.1. The highest BCUT2D eigenvalue weighted by atomic mass is 32.2. The summed E-state index contributed by atoms with van der Waals surface area (Å²) in [7, 11) is -3.13. The Morgan fingerprint density at radius 1 is 0.968 bits per heavy atom. The van der Waals surface area contributed by atoms with Crippen LogP contribution in [0.2, 0.25) is 0 Å². The van der Waals surface area contributed by atoms with Gasteiger partial charge in [0, 0.05) is 38.2 Å². The van der Waals surface area contributed by atoms with Crippen molar-refractivity contribution >= 4 is 32.0 Å². The number of nitrogens with zero attached hydrogens (tertiary/aromatic N) is 3. The Kier molecular flexibility index (Phi) is 4.88. The molecule has 4 aromatic rings. The highest BCUT2D eigenvalue weighted by molar-refractivity contribution is 7.88. The van der Waals surface area contributed by atoms with E-state index in [4.69, 9.17) is 0 Å². The zero-order valence-electron chi connectivity index (χ0n) is 17.1. The van der Waals surface area contributed by atoms with Crippen molar-refractivity contribution in [2.24, 2.45) is 0 Å². The third-order valence-corrected chi connectivity index (χ3v) is 7.06. The minimum atomic E-state index is -3.13. The molecule has 0 bridgehead atoms. The molecule has 9 heteroatoms. The largest absolute Gasteiger partial charge is 0.338 e. The fourth-order valence-corrected chi connectivity index (χ4v) is 4.91. The molecule has 2 aromatic carbocycles. The van der Waals surface area contributed by atoms with E-state index in [2.05, 4.69) is 19.9 Å². The second-order valence-electron chi connectivity index (χ2n) is 7.97. The standard InChI is InChI=1S/C22H23N5O3S/c1-31(29,30)27-10-8-26(9-11-27)14-15-6-7-19-20(12-15)24-21(23-19)17-13-16-4-2-3-5-18(16)25-22(17)28/h2-7,12-13H,8-11,14H2,1H3,(H,23,24)(H,25,28). The predicted octanol–water partition coefficient (Wildman–Crippen LogP) is 2.15. The van der Waals surface area contributed by atoms with Crippen LogP contribution in [-0.4, -0.2) is 65.0 Å². The number of H-pyrrole nitrogens is 2. The minimum Gasteiger partial charge on any atom is -0.338 e. The molecule has 1 saturated heterocycles. The first-order valence-corrected chi connectivity index (χ1v) is 12.0. The lowest BCUT2D eigenvalue weighted by Crippen LogP contribution is -2.47. The Balaban J connectivity index is 1.39. The van der Waals surface area contributed by atoms with Crippen LogP contribution in [-0.2, 0) is 16.6 Å². The molecule has 2 aromatic heterocycles. The van der Waals surface area contributed by atoms with Gasteiger partial charge in [-0.15, -0.1) is 0 Å². The molecule has 31 heavy (non-hydrogen) atoms. The maximum Gasteiger partial charge on any atom is 0.259 e. The van der Waals surface area contributed by atoms with Crippen LogP contribution in [0.1, 0.15) is 5.56 Å². The molecule has 0 radical (unpaired) electrons. The Bertz CT molecular complexity index is 1430. The van der Waals surface area contributed by atoms with E-state index < -0.39 is 10.0 Å². The summed E-state index contributed by atoms with van der Waals surface area (Å²) in [5, 5.41) is 0.950. The summed E-state index contributed by atoms with van der Waals surface area (Å²) in [5.74, 6) is 0.543. The predicted molar refractivity (Wildman–Crippen MR) is 121 cm³/mol. The van der Waals surface area contributed by atoms with Gasteiger partial charge in [0.1, 0.15) is 5.82 Å². The van der Waals surface area contributed by atoms with Gasteiger partial charge < -0.3 is 9.97 Å². The summed E-state index contributed by atoms with van der Waals surface area (Å²) in [4.78, 5) is 25.6. The zero-order chi connectivity index (χ0) is 21.6. The summed E-state index contributed by atoms with van der Waals surface area (Å²) in [6.45, 7) is 3.16. The first-order valence-electron chi connectivity index (χ1n) is 10.2. The molecule has 2 N–H and O–H groups in total. The molecule has 0 amide bonds. The van der Waals surface area contributed by atoms with E-state index in [-0.39, 0.29) is 5.56 Å². The van der Waals surface area contributed by atoms with Crippen molar-refractivity contribution < 1.29 is 8.42 Å². The molecular formula is C22H23N5O3S. The van der Waals surface area contributed by atoms with Crippen LogP contribution in [0.15, 0.2) is 53.3 Å². The Labute approximate surface area is 179 Å². The van der Waals surface area contributed by atoms with Crippen molar-refractivity contribution in [3.63, 3.8) is 0 Å². The van der Waals surface area contributed by atoms with E-state index in [0.29, 0.717) is 37.6 Å². The van der Waals surface area contributed by atoms with Gasteiger partial charge in [0.25, 0.3) is 5.56 Å². The molecule has 5 rings (SSSR count). The highest BCUT2D eigenvalue weighted by Crippen LogP contribution is 2.22. The van der Waals surface area contributed by atoms with Crippen LogP contribution >= 0.6 is 0 Å². The van der Waals surface area contributed by atoms with Crippen molar-refractivity contribution in [2.75, 3.05) is 32.4 Å². The molecule has 0 spiro atoms. The fourth-order valence-electron chi connectivity index (χ4n) is 4.08. The van der Waals surface area contributed by atoms with Gasteiger partial charge in [-0.25, -0.2) is 13.4 Å². The average Bonchev–Trinajstić information content (AvgIpc) is 3.16. The minimum absolute atomic E-state index is 0.179. The van der Waals surface area contributed by atoms with Gasteiger partial charge in [0.15, 0.2) is 0 Å². The van der Waals surface area contributed by atoms with E-state index in [9.17, 15) is 13.2 Å². The Morgan fingerprint density at radius 2 is 1.74 bits per heavy atom. The lowest BCUT2D eigenvalue weighted by molar-refractivity contribution is 0.182. The van der Waals surface area contributed by atoms with E-state index in [1.54, 1.807) is 0 Å². The number of aromatic amines is 2. The monoisotopic (exact) mass is 437 g/mol. The summed E-state index contributed by atoms with van der Waals surface area (Å²) in [6.07, 6.45) is 1.26. The Hall–Kier alpha value is -3.01. The number of nitrogens with one attached hydrogen (secondary N) is 2. The molecule has 1 aliphatic rings. The van der Waals surface area contributed by atoms with Crippen LogP contribution in [0.25, 0.3) is 33.3 Å². The second kappa shape index (κ2) is 7.60. The van der Waals surface area contributed by atoms with Gasteiger partial charge in [-0.3, -0.25) is 9.69 Å². The summed E-state index contributed by atoms with van der Waals surface area (Å²) < 4.78 is 24.9. The third kappa shape index (κ3) is 3.99. The molecule has 0 atom stereocenters. The number of aromatic nitrogens is 3. The Morgan fingerprint density at radius 3 is 2.52 bits per heavy atom. The highest BCUT2D eigenvalue weighted by Gasteiger charge is 2.23. The number of piperazine rings is 1. The molecule has 0 saturated carbocycles. The van der Waals surface area contributed by atoms with E-state index >= 15 is 0 Å². The molecule has 0 aliphatic carbocycles. The number of para-hydroxylation sites is 1. The summed E-state index contributed by atoms with van der Waals surface area (Å²) in [6, 6.07) is 15.5. The maximum absolute atomic E-state index is 12.6. The van der Waals surface area contributed by atoms with Crippen molar-refractivity contribution in [3.8, 4) is 11.4 Å². The van der Waals surface area contributed by atoms with Gasteiger partial charge in [-0.1, -0.05) is 24.3 Å². The summed E-state index contributed by atoms with van der Waals surface area (Å²) in [5.41, 5.74) is 3.91. The first kappa shape index (κ1) is 19.9. The number of imidazole rings is 1. The fraction of sp³-hybridized carbons (Fsp3) is 0.273. The van der Waals surface area contributed by atoms with Crippen LogP contribution in [0.4, 0.5) is 0 Å². The molecule has 3 heterocycles. The lowest BCUT2D eigenvalue weighted by Gasteiger charge is -2.33. The molecule has 1 aliphatic heterocycles. The van der Waals surface area contributed by atoms with Crippen molar-refractivity contribution in [1.82, 2.24) is 24.2 Å². The van der Waals surface area contributed by atoms with Gasteiger partial charge in [0.05, 0.1) is 22.9 Å². The molecule has 0 unspecified atom stereocenters. The van der Waals surface area contributed by atoms with Gasteiger partial charge in [0.2, 0.25) is 10.0 Å². The van der Waals surface area contributed by atoms with Crippen molar-refractivity contribution in [3.05, 3.63) is 64.4 Å². The smallest absolute Gasteiger partial charge is 0.259 e. The van der Waals surface area contributed by atoms with Crippen molar-refractivity contribution in [2.45, 2.75) is 6.54 Å². The number of hydrogen-bond acceptors (Lipinski definition) is 5. The van der Waals surface area contributed by atoms with Crippen LogP contribution in [0.3, 0.4) is 0 Å². The van der Waals surface area contributed by atoms with Gasteiger partial charge >= 0.3 is 0 Å². The van der Waals surface area contributed by atoms with Crippen LogP contribution in [0.5, 0.6) is 0 Å². The van der Waals surface area contributed by atoms with E-state index in [0.717, 1.165) is 34.0 Å². The number of sulfonamides is 1. The third-order valence-electron chi connectivity index (χ3n) is 5.76. The normalized spacial score (nSPS) is 16.3. The first-order chi connectivity index (χ1) is 14.9. The second-order valence-corrected chi connectivity index (χ2v) is 9.96. The average molecular weight is 438 g/mol. The van der Waals surface area contributed by atoms with Gasteiger partial charge in [-0.05, 0) is 35.2 Å². The SMILES string of the molecule is CS(=O)(=O)N1CCN(Cc2ccc3nc(-c4cc5ccccc5[nH]c4=O)[nH]c3c2)CC1. The number of pyridine rings is 1. The van der Waals surface area contributed by atoms with E-state index in [1.807, 2.05) is 48.5 Å². The number of fused-ring (bicyclic) bond motifs is 2. The maximum atomic E-state index is 12.6. The van der Waals surface area contributed by atoms with Crippen LogP contribution in [0, 0.1) is 0 Å². The number of benzene rings is 2. The topological polar surface area (TPSA) is 102 Å². The molecular weight excluding hydrogens is 414 g/mol. The molecule has 160 valence electrons. The summed E-state index contributed by atoms with van der Waals surface area (Å²) >= 11 is 0. The number of hydrogen-bond donors (Lipinski definition) is 2. The van der Waals surface area contributed by atoms with E-state index in [1.165, 1.54) is 10.6 Å². The molecule has 1 fully saturated rings. The number of rotatable bonds is 4. The molecule has 8 nitrogen and oxygen atoms in total. The van der Waals surface area contributed by atoms with Crippen molar-refractivity contribution in [1.29, 1.82) is 0 Å². The zero-order valence-corrected chi connectivity index (χ0v) is 17.9. The van der Waals surface area contributed by atoms with Gasteiger partial charge in [-0.2, -0.15) is 4.31 Å².